The summed E-state index contributed by atoms with van der Waals surface area (Å²) in [5.41, 5.74) is -0.543. The molecule has 0 unspecified atom stereocenters. The molecule has 76 valence electrons. The molecule has 0 aromatic carbocycles. The van der Waals surface area contributed by atoms with E-state index < -0.39 is 5.41 Å². The van der Waals surface area contributed by atoms with Gasteiger partial charge in [0, 0.05) is 17.9 Å². The van der Waals surface area contributed by atoms with Crippen molar-refractivity contribution < 1.29 is 9.59 Å². The zero-order chi connectivity index (χ0) is 10.6. The van der Waals surface area contributed by atoms with Crippen molar-refractivity contribution in [2.24, 2.45) is 5.41 Å². The fraction of sp³-hybridized carbons (Fsp3) is 0.800. The van der Waals surface area contributed by atoms with E-state index in [0.717, 1.165) is 0 Å². The van der Waals surface area contributed by atoms with Crippen molar-refractivity contribution in [3.63, 3.8) is 0 Å². The molecule has 0 atom stereocenters. The number of carbonyl (C=O) groups excluding carboxylic acids is 2. The van der Waals surface area contributed by atoms with Gasteiger partial charge in [-0.15, -0.1) is 0 Å². The standard InChI is InChI=1S/C10H19NO2/c1-7(2)11-9(13)6-10(4,5)8(3)12/h7H,6H2,1-5H3,(H,11,13). The van der Waals surface area contributed by atoms with Crippen LogP contribution in [-0.4, -0.2) is 17.7 Å². The van der Waals surface area contributed by atoms with Gasteiger partial charge in [0.25, 0.3) is 0 Å². The smallest absolute Gasteiger partial charge is 0.221 e. The molecular formula is C10H19NO2. The van der Waals surface area contributed by atoms with Crippen LogP contribution in [0.4, 0.5) is 0 Å². The molecule has 0 aromatic rings. The number of carbonyl (C=O) groups is 2. The van der Waals surface area contributed by atoms with Gasteiger partial charge in [0.2, 0.25) is 5.91 Å². The maximum Gasteiger partial charge on any atom is 0.221 e. The molecule has 1 N–H and O–H groups in total. The van der Waals surface area contributed by atoms with Crippen LogP contribution in [0.3, 0.4) is 0 Å². The van der Waals surface area contributed by atoms with Crippen LogP contribution in [0.2, 0.25) is 0 Å². The van der Waals surface area contributed by atoms with Crippen LogP contribution < -0.4 is 5.32 Å². The van der Waals surface area contributed by atoms with E-state index in [1.807, 2.05) is 13.8 Å². The largest absolute Gasteiger partial charge is 0.354 e. The van der Waals surface area contributed by atoms with Gasteiger partial charge in [0.1, 0.15) is 5.78 Å². The third-order valence-electron chi connectivity index (χ3n) is 2.01. The second kappa shape index (κ2) is 4.40. The van der Waals surface area contributed by atoms with E-state index in [4.69, 9.17) is 0 Å². The Labute approximate surface area is 79.9 Å². The Morgan fingerprint density at radius 3 is 2.08 bits per heavy atom. The third kappa shape index (κ3) is 4.65. The summed E-state index contributed by atoms with van der Waals surface area (Å²) in [6, 6.07) is 0.134. The van der Waals surface area contributed by atoms with Crippen LogP contribution in [0, 0.1) is 5.41 Å². The van der Waals surface area contributed by atoms with E-state index in [2.05, 4.69) is 5.32 Å². The summed E-state index contributed by atoms with van der Waals surface area (Å²) in [5.74, 6) is -0.0124. The maximum atomic E-state index is 11.3. The monoisotopic (exact) mass is 185 g/mol. The summed E-state index contributed by atoms with van der Waals surface area (Å²) in [6.07, 6.45) is 0.264. The van der Waals surface area contributed by atoms with Gasteiger partial charge in [0.05, 0.1) is 0 Å². The van der Waals surface area contributed by atoms with E-state index in [9.17, 15) is 9.59 Å². The molecule has 0 saturated carbocycles. The topological polar surface area (TPSA) is 46.2 Å². The van der Waals surface area contributed by atoms with Crippen molar-refractivity contribution in [2.75, 3.05) is 0 Å². The highest BCUT2D eigenvalue weighted by atomic mass is 16.2. The number of rotatable bonds is 4. The Morgan fingerprint density at radius 2 is 1.77 bits per heavy atom. The van der Waals surface area contributed by atoms with Crippen LogP contribution in [0.15, 0.2) is 0 Å². The SMILES string of the molecule is CC(=O)C(C)(C)CC(=O)NC(C)C. The van der Waals surface area contributed by atoms with Gasteiger partial charge < -0.3 is 5.32 Å². The normalized spacial score (nSPS) is 11.5. The Morgan fingerprint density at radius 1 is 1.31 bits per heavy atom. The van der Waals surface area contributed by atoms with Gasteiger partial charge in [-0.3, -0.25) is 9.59 Å². The van der Waals surface area contributed by atoms with Crippen LogP contribution in [-0.2, 0) is 9.59 Å². The third-order valence-corrected chi connectivity index (χ3v) is 2.01. The van der Waals surface area contributed by atoms with Crippen molar-refractivity contribution in [1.82, 2.24) is 5.32 Å². The summed E-state index contributed by atoms with van der Waals surface area (Å²) in [7, 11) is 0. The molecule has 0 aliphatic heterocycles. The minimum absolute atomic E-state index is 0.0476. The minimum atomic E-state index is -0.543. The molecule has 0 aliphatic carbocycles. The number of hydrogen-bond donors (Lipinski definition) is 1. The zero-order valence-corrected chi connectivity index (χ0v) is 9.10. The van der Waals surface area contributed by atoms with Gasteiger partial charge in [0.15, 0.2) is 0 Å². The molecule has 1 amide bonds. The van der Waals surface area contributed by atoms with Gasteiger partial charge in [-0.2, -0.15) is 0 Å². The molecule has 0 aromatic heterocycles. The van der Waals surface area contributed by atoms with Crippen LogP contribution in [0.25, 0.3) is 0 Å². The highest BCUT2D eigenvalue weighted by Crippen LogP contribution is 2.20. The molecule has 0 radical (unpaired) electrons. The average Bonchev–Trinajstić information content (AvgIpc) is 1.82. The summed E-state index contributed by atoms with van der Waals surface area (Å²) >= 11 is 0. The first-order valence-electron chi connectivity index (χ1n) is 4.56. The predicted molar refractivity (Wildman–Crippen MR) is 52.4 cm³/mol. The van der Waals surface area contributed by atoms with Gasteiger partial charge in [-0.1, -0.05) is 13.8 Å². The van der Waals surface area contributed by atoms with Crippen LogP contribution in [0.5, 0.6) is 0 Å². The quantitative estimate of drug-likeness (QED) is 0.721. The fourth-order valence-electron chi connectivity index (χ4n) is 0.899. The van der Waals surface area contributed by atoms with Crippen LogP contribution >= 0.6 is 0 Å². The van der Waals surface area contributed by atoms with E-state index in [1.165, 1.54) is 6.92 Å². The Bertz CT molecular complexity index is 207. The molecule has 0 spiro atoms. The fourth-order valence-corrected chi connectivity index (χ4v) is 0.899. The second-order valence-electron chi connectivity index (χ2n) is 4.34. The van der Waals surface area contributed by atoms with Crippen molar-refractivity contribution in [3.8, 4) is 0 Å². The molecular weight excluding hydrogens is 166 g/mol. The molecule has 0 saturated heterocycles. The van der Waals surface area contributed by atoms with Gasteiger partial charge in [-0.05, 0) is 20.8 Å². The lowest BCUT2D eigenvalue weighted by molar-refractivity contribution is -0.132. The number of hydrogen-bond acceptors (Lipinski definition) is 2. The van der Waals surface area contributed by atoms with E-state index >= 15 is 0 Å². The van der Waals surface area contributed by atoms with Crippen molar-refractivity contribution in [1.29, 1.82) is 0 Å². The zero-order valence-electron chi connectivity index (χ0n) is 9.10. The predicted octanol–water partition coefficient (Wildman–Crippen LogP) is 1.52. The van der Waals surface area contributed by atoms with Crippen molar-refractivity contribution >= 4 is 11.7 Å². The number of ketones is 1. The molecule has 3 nitrogen and oxygen atoms in total. The lowest BCUT2D eigenvalue weighted by atomic mass is 9.85. The summed E-state index contributed by atoms with van der Waals surface area (Å²) in [5, 5.41) is 2.76. The summed E-state index contributed by atoms with van der Waals surface area (Å²) in [6.45, 7) is 8.89. The second-order valence-corrected chi connectivity index (χ2v) is 4.34. The molecule has 0 bridgehead atoms. The number of amides is 1. The first kappa shape index (κ1) is 12.1. The summed E-state index contributed by atoms with van der Waals surface area (Å²) in [4.78, 5) is 22.4. The van der Waals surface area contributed by atoms with E-state index in [0.29, 0.717) is 0 Å². The lowest BCUT2D eigenvalue weighted by Gasteiger charge is -2.20. The Balaban J connectivity index is 4.12. The van der Waals surface area contributed by atoms with Gasteiger partial charge in [-0.25, -0.2) is 0 Å². The maximum absolute atomic E-state index is 11.3. The molecule has 3 heteroatoms. The average molecular weight is 185 g/mol. The molecule has 13 heavy (non-hydrogen) atoms. The Hall–Kier alpha value is -0.860. The molecule has 0 heterocycles. The summed E-state index contributed by atoms with van der Waals surface area (Å²) < 4.78 is 0. The first-order chi connectivity index (χ1) is 5.75. The first-order valence-corrected chi connectivity index (χ1v) is 4.56. The Kier molecular flexibility index (Phi) is 4.11. The van der Waals surface area contributed by atoms with Crippen molar-refractivity contribution in [3.05, 3.63) is 0 Å². The van der Waals surface area contributed by atoms with Gasteiger partial charge >= 0.3 is 0 Å². The minimum Gasteiger partial charge on any atom is -0.354 e. The lowest BCUT2D eigenvalue weighted by Crippen LogP contribution is -2.35. The van der Waals surface area contributed by atoms with E-state index in [-0.39, 0.29) is 24.2 Å². The highest BCUT2D eigenvalue weighted by molar-refractivity contribution is 5.88. The molecule has 0 rings (SSSR count). The van der Waals surface area contributed by atoms with Crippen molar-refractivity contribution in [2.45, 2.75) is 47.1 Å². The number of nitrogens with one attached hydrogen (secondary N) is 1. The highest BCUT2D eigenvalue weighted by Gasteiger charge is 2.26. The number of Topliss-reactive ketones (excluding diaryl/α,β-unsaturated/α-hetero) is 1. The van der Waals surface area contributed by atoms with E-state index in [1.54, 1.807) is 13.8 Å². The van der Waals surface area contributed by atoms with Crippen LogP contribution in [0.1, 0.15) is 41.0 Å². The molecule has 0 aliphatic rings. The molecule has 0 fully saturated rings.